The highest BCUT2D eigenvalue weighted by atomic mass is 19.1. The van der Waals surface area contributed by atoms with Gasteiger partial charge in [0.15, 0.2) is 0 Å². The fourth-order valence-corrected chi connectivity index (χ4v) is 2.40. The summed E-state index contributed by atoms with van der Waals surface area (Å²) in [7, 11) is 0. The lowest BCUT2D eigenvalue weighted by atomic mass is 10.0. The Morgan fingerprint density at radius 2 is 2.05 bits per heavy atom. The molecule has 0 amide bonds. The highest BCUT2D eigenvalue weighted by Crippen LogP contribution is 2.28. The van der Waals surface area contributed by atoms with Gasteiger partial charge in [-0.1, -0.05) is 13.0 Å². The monoisotopic (exact) mass is 293 g/mol. The lowest BCUT2D eigenvalue weighted by molar-refractivity contribution is 0.476. The van der Waals surface area contributed by atoms with E-state index < -0.39 is 17.7 Å². The van der Waals surface area contributed by atoms with Crippen LogP contribution in [0.3, 0.4) is 0 Å². The van der Waals surface area contributed by atoms with Gasteiger partial charge in [-0.3, -0.25) is 0 Å². The molecule has 1 N–H and O–H groups in total. The van der Waals surface area contributed by atoms with Gasteiger partial charge in [-0.05, 0) is 38.4 Å². The second-order valence-electron chi connectivity index (χ2n) is 5.05. The van der Waals surface area contributed by atoms with Crippen molar-refractivity contribution in [1.29, 1.82) is 0 Å². The average Bonchev–Trinajstić information content (AvgIpc) is 2.95. The van der Waals surface area contributed by atoms with Crippen LogP contribution in [0.25, 0.3) is 0 Å². The van der Waals surface area contributed by atoms with Gasteiger partial charge in [0.1, 0.15) is 17.5 Å². The van der Waals surface area contributed by atoms with E-state index in [-0.39, 0.29) is 5.56 Å². The van der Waals surface area contributed by atoms with Crippen molar-refractivity contribution >= 4 is 0 Å². The summed E-state index contributed by atoms with van der Waals surface area (Å²) < 4.78 is 30.6. The van der Waals surface area contributed by atoms with Crippen molar-refractivity contribution in [3.63, 3.8) is 0 Å². The first-order valence-electron chi connectivity index (χ1n) is 7.29. The molecule has 3 nitrogen and oxygen atoms in total. The Bertz CT molecular complexity index is 608. The first kappa shape index (κ1) is 15.6. The molecule has 2 aromatic rings. The maximum absolute atomic E-state index is 14.5. The summed E-state index contributed by atoms with van der Waals surface area (Å²) in [5.74, 6) is -0.416. The Morgan fingerprint density at radius 1 is 1.29 bits per heavy atom. The molecule has 0 saturated carbocycles. The van der Waals surface area contributed by atoms with Crippen LogP contribution in [-0.2, 0) is 6.54 Å². The van der Waals surface area contributed by atoms with Crippen molar-refractivity contribution in [2.24, 2.45) is 0 Å². The summed E-state index contributed by atoms with van der Waals surface area (Å²) in [6.07, 6.45) is 4.35. The highest BCUT2D eigenvalue weighted by molar-refractivity contribution is 5.33. The zero-order valence-electron chi connectivity index (χ0n) is 12.7. The standard InChI is InChI=1S/C16H21F2N3/c1-4-8-19-15(16-20-9-10-21(16)5-2)13-12(17)7-6-11(3)14(13)18/h6-7,9-10,15,19H,4-5,8H2,1-3H3. The van der Waals surface area contributed by atoms with Gasteiger partial charge in [0, 0.05) is 24.5 Å². The number of hydrogen-bond acceptors (Lipinski definition) is 2. The molecule has 1 aromatic carbocycles. The molecule has 0 aliphatic carbocycles. The van der Waals surface area contributed by atoms with E-state index in [4.69, 9.17) is 0 Å². The predicted octanol–water partition coefficient (Wildman–Crippen LogP) is 3.58. The topological polar surface area (TPSA) is 29.9 Å². The van der Waals surface area contributed by atoms with Gasteiger partial charge in [-0.15, -0.1) is 0 Å². The van der Waals surface area contributed by atoms with Crippen molar-refractivity contribution in [3.05, 3.63) is 53.1 Å². The maximum atomic E-state index is 14.5. The van der Waals surface area contributed by atoms with E-state index in [0.29, 0.717) is 24.5 Å². The minimum absolute atomic E-state index is 0.0457. The summed E-state index contributed by atoms with van der Waals surface area (Å²) in [6.45, 7) is 6.99. The molecule has 2 rings (SSSR count). The molecule has 1 unspecified atom stereocenters. The summed E-state index contributed by atoms with van der Waals surface area (Å²) in [5, 5.41) is 3.21. The third-order valence-electron chi connectivity index (χ3n) is 3.55. The first-order chi connectivity index (χ1) is 10.1. The van der Waals surface area contributed by atoms with Crippen molar-refractivity contribution in [3.8, 4) is 0 Å². The highest BCUT2D eigenvalue weighted by Gasteiger charge is 2.25. The molecule has 0 radical (unpaired) electrons. The van der Waals surface area contributed by atoms with Crippen LogP contribution in [0.15, 0.2) is 24.5 Å². The Balaban J connectivity index is 2.53. The van der Waals surface area contributed by atoms with Gasteiger partial charge < -0.3 is 9.88 Å². The zero-order chi connectivity index (χ0) is 15.4. The van der Waals surface area contributed by atoms with E-state index in [1.165, 1.54) is 12.1 Å². The molecule has 0 spiro atoms. The number of benzene rings is 1. The van der Waals surface area contributed by atoms with Crippen LogP contribution < -0.4 is 5.32 Å². The number of aryl methyl sites for hydroxylation is 2. The van der Waals surface area contributed by atoms with Crippen molar-refractivity contribution in [2.45, 2.75) is 39.8 Å². The van der Waals surface area contributed by atoms with Crippen LogP contribution in [0.2, 0.25) is 0 Å². The van der Waals surface area contributed by atoms with E-state index in [9.17, 15) is 8.78 Å². The van der Waals surface area contributed by atoms with Crippen molar-refractivity contribution in [1.82, 2.24) is 14.9 Å². The molecule has 5 heteroatoms. The van der Waals surface area contributed by atoms with Crippen LogP contribution in [0.4, 0.5) is 8.78 Å². The minimum Gasteiger partial charge on any atom is -0.334 e. The number of nitrogens with one attached hydrogen (secondary N) is 1. The number of imidazole rings is 1. The normalized spacial score (nSPS) is 12.6. The quantitative estimate of drug-likeness (QED) is 0.882. The van der Waals surface area contributed by atoms with E-state index in [0.717, 1.165) is 6.42 Å². The largest absolute Gasteiger partial charge is 0.334 e. The van der Waals surface area contributed by atoms with Crippen LogP contribution in [0, 0.1) is 18.6 Å². The second kappa shape index (κ2) is 6.80. The molecule has 0 aliphatic heterocycles. The molecule has 0 saturated heterocycles. The fraction of sp³-hybridized carbons (Fsp3) is 0.438. The van der Waals surface area contributed by atoms with Crippen LogP contribution in [0.5, 0.6) is 0 Å². The first-order valence-corrected chi connectivity index (χ1v) is 7.29. The molecular weight excluding hydrogens is 272 g/mol. The van der Waals surface area contributed by atoms with Gasteiger partial charge >= 0.3 is 0 Å². The zero-order valence-corrected chi connectivity index (χ0v) is 12.7. The Hall–Kier alpha value is -1.75. The van der Waals surface area contributed by atoms with Crippen molar-refractivity contribution < 1.29 is 8.78 Å². The molecule has 21 heavy (non-hydrogen) atoms. The molecule has 1 aromatic heterocycles. The van der Waals surface area contributed by atoms with Crippen LogP contribution in [0.1, 0.15) is 43.3 Å². The SMILES string of the molecule is CCCNC(c1c(F)ccc(C)c1F)c1nccn1CC. The molecule has 0 aliphatic rings. The Kier molecular flexibility index (Phi) is 5.07. The predicted molar refractivity (Wildman–Crippen MR) is 79.1 cm³/mol. The third kappa shape index (κ3) is 3.13. The van der Waals surface area contributed by atoms with Gasteiger partial charge in [0.25, 0.3) is 0 Å². The van der Waals surface area contributed by atoms with E-state index >= 15 is 0 Å². The minimum atomic E-state index is -0.584. The number of halogens is 2. The van der Waals surface area contributed by atoms with Crippen LogP contribution in [-0.4, -0.2) is 16.1 Å². The number of hydrogen-bond donors (Lipinski definition) is 1. The lowest BCUT2D eigenvalue weighted by Gasteiger charge is -2.21. The average molecular weight is 293 g/mol. The summed E-state index contributed by atoms with van der Waals surface area (Å²) in [6, 6.07) is 2.19. The Labute approximate surface area is 124 Å². The molecule has 114 valence electrons. The maximum Gasteiger partial charge on any atom is 0.134 e. The van der Waals surface area contributed by atoms with Gasteiger partial charge in [0.2, 0.25) is 0 Å². The smallest absolute Gasteiger partial charge is 0.134 e. The van der Waals surface area contributed by atoms with Gasteiger partial charge in [-0.2, -0.15) is 0 Å². The lowest BCUT2D eigenvalue weighted by Crippen LogP contribution is -2.28. The van der Waals surface area contributed by atoms with Gasteiger partial charge in [-0.25, -0.2) is 13.8 Å². The van der Waals surface area contributed by atoms with Crippen LogP contribution >= 0.6 is 0 Å². The third-order valence-corrected chi connectivity index (χ3v) is 3.55. The van der Waals surface area contributed by atoms with Crippen molar-refractivity contribution in [2.75, 3.05) is 6.54 Å². The second-order valence-corrected chi connectivity index (χ2v) is 5.05. The summed E-state index contributed by atoms with van der Waals surface area (Å²) >= 11 is 0. The fourth-order valence-electron chi connectivity index (χ4n) is 2.40. The molecule has 0 bridgehead atoms. The molecule has 1 heterocycles. The van der Waals surface area contributed by atoms with E-state index in [1.807, 2.05) is 24.6 Å². The molecular formula is C16H21F2N3. The van der Waals surface area contributed by atoms with Gasteiger partial charge in [0.05, 0.1) is 6.04 Å². The summed E-state index contributed by atoms with van der Waals surface area (Å²) in [5.41, 5.74) is 0.480. The number of aromatic nitrogens is 2. The Morgan fingerprint density at radius 3 is 2.71 bits per heavy atom. The van der Waals surface area contributed by atoms with E-state index in [1.54, 1.807) is 13.1 Å². The molecule has 0 fully saturated rings. The molecule has 1 atom stereocenters. The number of rotatable bonds is 6. The van der Waals surface area contributed by atoms with E-state index in [2.05, 4.69) is 10.3 Å². The number of nitrogens with zero attached hydrogens (tertiary/aromatic N) is 2. The summed E-state index contributed by atoms with van der Waals surface area (Å²) in [4.78, 5) is 4.30.